The second-order valence-electron chi connectivity index (χ2n) is 9.97. The van der Waals surface area contributed by atoms with Crippen LogP contribution in [0.5, 0.6) is 5.75 Å². The molecule has 3 rings (SSSR count). The number of nitrogens with zero attached hydrogens (tertiary/aromatic N) is 1. The maximum absolute atomic E-state index is 14.6. The molecular weight excluding hydrogens is 467 g/mol. The van der Waals surface area contributed by atoms with Crippen molar-refractivity contribution in [2.75, 3.05) is 13.2 Å². The van der Waals surface area contributed by atoms with E-state index in [-0.39, 0.29) is 25.0 Å². The summed E-state index contributed by atoms with van der Waals surface area (Å²) in [6, 6.07) is 22.6. The minimum Gasteiger partial charge on any atom is -0.484 e. The maximum atomic E-state index is 14.6. The van der Waals surface area contributed by atoms with Gasteiger partial charge in [0.05, 0.1) is 0 Å². The Morgan fingerprint density at radius 3 is 2.16 bits per heavy atom. The second kappa shape index (κ2) is 13.6. The first kappa shape index (κ1) is 27.9. The van der Waals surface area contributed by atoms with Crippen molar-refractivity contribution in [3.63, 3.8) is 0 Å². The van der Waals surface area contributed by atoms with Gasteiger partial charge in [-0.15, -0.1) is 0 Å². The second-order valence-corrected chi connectivity index (χ2v) is 9.97. The number of amides is 2. The van der Waals surface area contributed by atoms with E-state index in [0.29, 0.717) is 30.2 Å². The van der Waals surface area contributed by atoms with Crippen LogP contribution in [0.3, 0.4) is 0 Å². The highest BCUT2D eigenvalue weighted by molar-refractivity contribution is 5.88. The third-order valence-electron chi connectivity index (χ3n) is 6.16. The van der Waals surface area contributed by atoms with Crippen LogP contribution in [0.1, 0.15) is 50.3 Å². The molecule has 5 nitrogen and oxygen atoms in total. The molecule has 0 heterocycles. The van der Waals surface area contributed by atoms with Gasteiger partial charge in [-0.1, -0.05) is 88.4 Å². The largest absolute Gasteiger partial charge is 0.484 e. The first-order valence-corrected chi connectivity index (χ1v) is 12.8. The van der Waals surface area contributed by atoms with Crippen molar-refractivity contribution in [1.29, 1.82) is 0 Å². The number of benzene rings is 3. The number of carbonyl (C=O) groups is 2. The molecule has 3 aromatic carbocycles. The Morgan fingerprint density at radius 1 is 0.892 bits per heavy atom. The molecule has 1 atom stereocenters. The van der Waals surface area contributed by atoms with E-state index in [1.54, 1.807) is 18.2 Å². The van der Waals surface area contributed by atoms with Gasteiger partial charge >= 0.3 is 0 Å². The van der Waals surface area contributed by atoms with Gasteiger partial charge in [0.15, 0.2) is 6.61 Å². The van der Waals surface area contributed by atoms with Gasteiger partial charge in [-0.3, -0.25) is 9.59 Å². The molecule has 0 aliphatic rings. The number of carbonyl (C=O) groups excluding carboxylic acids is 2. The highest BCUT2D eigenvalue weighted by Gasteiger charge is 2.31. The van der Waals surface area contributed by atoms with E-state index in [4.69, 9.17) is 4.74 Å². The van der Waals surface area contributed by atoms with Crippen molar-refractivity contribution in [2.45, 2.75) is 52.6 Å². The molecule has 0 aromatic heterocycles. The molecule has 0 bridgehead atoms. The molecule has 0 fully saturated rings. The van der Waals surface area contributed by atoms with Crippen LogP contribution in [0.25, 0.3) is 0 Å². The molecule has 2 amide bonds. The van der Waals surface area contributed by atoms with Gasteiger partial charge in [0.2, 0.25) is 5.91 Å². The fourth-order valence-electron chi connectivity index (χ4n) is 3.96. The van der Waals surface area contributed by atoms with E-state index in [9.17, 15) is 14.0 Å². The van der Waals surface area contributed by atoms with Crippen LogP contribution in [-0.2, 0) is 22.6 Å². The average Bonchev–Trinajstić information content (AvgIpc) is 2.89. The minimum absolute atomic E-state index is 0.0479. The quantitative estimate of drug-likeness (QED) is 0.342. The topological polar surface area (TPSA) is 58.6 Å². The van der Waals surface area contributed by atoms with Crippen LogP contribution in [0.2, 0.25) is 0 Å². The summed E-state index contributed by atoms with van der Waals surface area (Å²) in [5.74, 6) is 0.101. The van der Waals surface area contributed by atoms with Gasteiger partial charge in [-0.25, -0.2) is 4.39 Å². The zero-order valence-electron chi connectivity index (χ0n) is 22.1. The number of nitrogens with one attached hydrogen (secondary N) is 1. The van der Waals surface area contributed by atoms with E-state index in [2.05, 4.69) is 19.2 Å². The molecule has 0 radical (unpaired) electrons. The zero-order valence-corrected chi connectivity index (χ0v) is 22.1. The fraction of sp³-hybridized carbons (Fsp3) is 0.355. The Balaban J connectivity index is 1.88. The molecule has 0 saturated carbocycles. The predicted molar refractivity (Wildman–Crippen MR) is 145 cm³/mol. The highest BCUT2D eigenvalue weighted by Crippen LogP contribution is 2.20. The highest BCUT2D eigenvalue weighted by atomic mass is 19.1. The normalized spacial score (nSPS) is 11.9. The molecule has 0 saturated heterocycles. The molecular formula is C31H37FN2O3. The Labute approximate surface area is 219 Å². The molecule has 1 N–H and O–H groups in total. The lowest BCUT2D eigenvalue weighted by Gasteiger charge is -2.31. The maximum Gasteiger partial charge on any atom is 0.261 e. The first-order valence-electron chi connectivity index (χ1n) is 12.8. The standard InChI is InChI=1S/C31H37FN2O3/c1-22(2)19-33-31(36)29(18-24-10-6-5-7-11-24)34(20-26-12-8-9-13-28(26)32)30(35)21-37-27-16-14-25(15-17-27)23(3)4/h5-17,22-23,29H,18-21H2,1-4H3,(H,33,36). The van der Waals surface area contributed by atoms with Crippen molar-refractivity contribution < 1.29 is 18.7 Å². The summed E-state index contributed by atoms with van der Waals surface area (Å²) in [4.78, 5) is 28.4. The summed E-state index contributed by atoms with van der Waals surface area (Å²) in [6.45, 7) is 8.39. The van der Waals surface area contributed by atoms with Gasteiger partial charge in [-0.05, 0) is 41.2 Å². The lowest BCUT2D eigenvalue weighted by Crippen LogP contribution is -2.52. The molecule has 0 spiro atoms. The number of rotatable bonds is 12. The van der Waals surface area contributed by atoms with Crippen molar-refractivity contribution in [1.82, 2.24) is 10.2 Å². The lowest BCUT2D eigenvalue weighted by atomic mass is 10.0. The van der Waals surface area contributed by atoms with Crippen LogP contribution in [0.15, 0.2) is 78.9 Å². The molecule has 0 aliphatic heterocycles. The Hall–Kier alpha value is -3.67. The third kappa shape index (κ3) is 8.45. The van der Waals surface area contributed by atoms with Crippen LogP contribution in [-0.4, -0.2) is 35.9 Å². The van der Waals surface area contributed by atoms with Crippen LogP contribution >= 0.6 is 0 Å². The van der Waals surface area contributed by atoms with Crippen molar-refractivity contribution in [3.05, 3.63) is 101 Å². The van der Waals surface area contributed by atoms with Crippen molar-refractivity contribution in [3.8, 4) is 5.75 Å². The van der Waals surface area contributed by atoms with E-state index >= 15 is 0 Å². The average molecular weight is 505 g/mol. The lowest BCUT2D eigenvalue weighted by molar-refractivity contribution is -0.142. The Kier molecular flexibility index (Phi) is 10.2. The van der Waals surface area contributed by atoms with E-state index < -0.39 is 17.8 Å². The zero-order chi connectivity index (χ0) is 26.8. The van der Waals surface area contributed by atoms with Gasteiger partial charge in [0.1, 0.15) is 17.6 Å². The molecule has 1 unspecified atom stereocenters. The molecule has 0 aliphatic carbocycles. The SMILES string of the molecule is CC(C)CNC(=O)C(Cc1ccccc1)N(Cc1ccccc1F)C(=O)COc1ccc(C(C)C)cc1. The summed E-state index contributed by atoms with van der Waals surface area (Å²) in [5.41, 5.74) is 2.42. The monoisotopic (exact) mass is 504 g/mol. The van der Waals surface area contributed by atoms with Gasteiger partial charge < -0.3 is 15.0 Å². The van der Waals surface area contributed by atoms with Gasteiger partial charge in [0, 0.05) is 25.1 Å². The summed E-state index contributed by atoms with van der Waals surface area (Å²) in [6.07, 6.45) is 0.300. The number of hydrogen-bond donors (Lipinski definition) is 1. The smallest absolute Gasteiger partial charge is 0.261 e. The van der Waals surface area contributed by atoms with Gasteiger partial charge in [0.25, 0.3) is 5.91 Å². The summed E-state index contributed by atoms with van der Waals surface area (Å²) in [5, 5.41) is 2.96. The summed E-state index contributed by atoms with van der Waals surface area (Å²) >= 11 is 0. The molecule has 37 heavy (non-hydrogen) atoms. The number of halogens is 1. The van der Waals surface area contributed by atoms with E-state index in [1.165, 1.54) is 16.5 Å². The first-order chi connectivity index (χ1) is 17.7. The Bertz CT molecular complexity index is 1150. The van der Waals surface area contributed by atoms with Crippen LogP contribution < -0.4 is 10.1 Å². The minimum atomic E-state index is -0.833. The number of hydrogen-bond acceptors (Lipinski definition) is 3. The molecule has 196 valence electrons. The van der Waals surface area contributed by atoms with Crippen LogP contribution in [0.4, 0.5) is 4.39 Å². The van der Waals surface area contributed by atoms with Crippen molar-refractivity contribution in [2.24, 2.45) is 5.92 Å². The number of ether oxygens (including phenoxy) is 1. The summed E-state index contributed by atoms with van der Waals surface area (Å²) < 4.78 is 20.5. The van der Waals surface area contributed by atoms with E-state index in [0.717, 1.165) is 5.56 Å². The van der Waals surface area contributed by atoms with Gasteiger partial charge in [-0.2, -0.15) is 0 Å². The molecule has 6 heteroatoms. The molecule has 3 aromatic rings. The summed E-state index contributed by atoms with van der Waals surface area (Å²) in [7, 11) is 0. The predicted octanol–water partition coefficient (Wildman–Crippen LogP) is 5.74. The van der Waals surface area contributed by atoms with Crippen molar-refractivity contribution >= 4 is 11.8 Å². The fourth-order valence-corrected chi connectivity index (χ4v) is 3.96. The Morgan fingerprint density at radius 2 is 1.54 bits per heavy atom. The van der Waals surface area contributed by atoms with E-state index in [1.807, 2.05) is 68.4 Å². The van der Waals surface area contributed by atoms with Crippen LogP contribution in [0, 0.1) is 11.7 Å². The third-order valence-corrected chi connectivity index (χ3v) is 6.16.